The molecule has 2 aromatic rings. The van der Waals surface area contributed by atoms with E-state index in [9.17, 15) is 31.4 Å². The summed E-state index contributed by atoms with van der Waals surface area (Å²) in [5.74, 6) is -11.6. The van der Waals surface area contributed by atoms with E-state index in [1.54, 1.807) is 0 Å². The average Bonchev–Trinajstić information content (AvgIpc) is 2.46. The summed E-state index contributed by atoms with van der Waals surface area (Å²) in [5, 5.41) is 9.70. The molecule has 1 atom stereocenters. The molecule has 0 aromatic heterocycles. The van der Waals surface area contributed by atoms with Gasteiger partial charge in [-0.3, -0.25) is 0 Å². The second-order valence-electron chi connectivity index (χ2n) is 4.29. The topological polar surface area (TPSA) is 20.2 Å². The van der Waals surface area contributed by atoms with Crippen LogP contribution >= 0.6 is 0 Å². The lowest BCUT2D eigenvalue weighted by molar-refractivity contribution is 0.162. The number of hydrogen-bond acceptors (Lipinski definition) is 1. The summed E-state index contributed by atoms with van der Waals surface area (Å²) < 4.78 is 79.3. The third-order valence-corrected chi connectivity index (χ3v) is 2.95. The number of hydrogen-bond donors (Lipinski definition) is 1. The molecule has 7 heteroatoms. The van der Waals surface area contributed by atoms with Crippen LogP contribution in [0.4, 0.5) is 26.3 Å². The van der Waals surface area contributed by atoms with Crippen LogP contribution < -0.4 is 0 Å². The van der Waals surface area contributed by atoms with Gasteiger partial charge in [-0.1, -0.05) is 18.2 Å². The van der Waals surface area contributed by atoms with Gasteiger partial charge in [-0.25, -0.2) is 26.3 Å². The Bertz CT molecular complexity index is 656. The van der Waals surface area contributed by atoms with Crippen LogP contribution in [0.5, 0.6) is 0 Å². The van der Waals surface area contributed by atoms with E-state index in [0.29, 0.717) is 0 Å². The Balaban J connectivity index is 2.45. The van der Waals surface area contributed by atoms with Gasteiger partial charge in [0.2, 0.25) is 5.82 Å². The molecule has 0 radical (unpaired) electrons. The molecule has 21 heavy (non-hydrogen) atoms. The molecular formula is C14H8F6O. The van der Waals surface area contributed by atoms with Crippen LogP contribution in [0.1, 0.15) is 17.2 Å². The fourth-order valence-electron chi connectivity index (χ4n) is 1.89. The standard InChI is InChI=1S/C14H8F6O/c15-7-4-2-1-3-6(7)5-8(21)9-10(16)12(18)14(20)13(19)11(9)17/h1-4,8,21H,5H2. The minimum absolute atomic E-state index is 0.117. The van der Waals surface area contributed by atoms with Gasteiger partial charge in [0.05, 0.1) is 11.7 Å². The van der Waals surface area contributed by atoms with Crippen molar-refractivity contribution in [1.29, 1.82) is 0 Å². The van der Waals surface area contributed by atoms with Crippen molar-refractivity contribution in [2.24, 2.45) is 0 Å². The molecule has 2 aromatic carbocycles. The summed E-state index contributed by atoms with van der Waals surface area (Å²) in [6, 6.07) is 5.03. The predicted molar refractivity (Wildman–Crippen MR) is 61.3 cm³/mol. The highest BCUT2D eigenvalue weighted by atomic mass is 19.2. The predicted octanol–water partition coefficient (Wildman–Crippen LogP) is 3.80. The molecule has 0 spiro atoms. The maximum Gasteiger partial charge on any atom is 0.200 e. The van der Waals surface area contributed by atoms with E-state index >= 15 is 0 Å². The molecule has 0 saturated carbocycles. The molecule has 0 aliphatic rings. The Kier molecular flexibility index (Phi) is 4.22. The lowest BCUT2D eigenvalue weighted by atomic mass is 9.99. The van der Waals surface area contributed by atoms with Crippen LogP contribution in [-0.2, 0) is 6.42 Å². The van der Waals surface area contributed by atoms with Crippen molar-refractivity contribution in [2.75, 3.05) is 0 Å². The number of rotatable bonds is 3. The lowest BCUT2D eigenvalue weighted by Gasteiger charge is -2.15. The quantitative estimate of drug-likeness (QED) is 0.519. The van der Waals surface area contributed by atoms with E-state index in [4.69, 9.17) is 0 Å². The van der Waals surface area contributed by atoms with E-state index in [1.165, 1.54) is 18.2 Å². The van der Waals surface area contributed by atoms with Crippen LogP contribution in [-0.4, -0.2) is 5.11 Å². The molecule has 2 rings (SSSR count). The monoisotopic (exact) mass is 306 g/mol. The summed E-state index contributed by atoms with van der Waals surface area (Å²) in [7, 11) is 0. The van der Waals surface area contributed by atoms with Crippen LogP contribution in [0.2, 0.25) is 0 Å². The summed E-state index contributed by atoms with van der Waals surface area (Å²) in [6.45, 7) is 0. The highest BCUT2D eigenvalue weighted by Gasteiger charge is 2.29. The molecule has 0 fully saturated rings. The fraction of sp³-hybridized carbons (Fsp3) is 0.143. The molecule has 0 aliphatic carbocycles. The first-order valence-corrected chi connectivity index (χ1v) is 5.77. The van der Waals surface area contributed by atoms with Crippen molar-refractivity contribution >= 4 is 0 Å². The Labute approximate surface area is 115 Å². The molecule has 0 amide bonds. The van der Waals surface area contributed by atoms with Gasteiger partial charge >= 0.3 is 0 Å². The van der Waals surface area contributed by atoms with E-state index in [-0.39, 0.29) is 5.56 Å². The summed E-state index contributed by atoms with van der Waals surface area (Å²) in [6.07, 6.45) is -2.71. The van der Waals surface area contributed by atoms with Crippen LogP contribution in [0.3, 0.4) is 0 Å². The van der Waals surface area contributed by atoms with Gasteiger partial charge in [-0.15, -0.1) is 0 Å². The number of aliphatic hydroxyl groups is 1. The highest BCUT2D eigenvalue weighted by molar-refractivity contribution is 5.28. The Morgan fingerprint density at radius 1 is 0.762 bits per heavy atom. The first kappa shape index (κ1) is 15.4. The Hall–Kier alpha value is -2.02. The second-order valence-corrected chi connectivity index (χ2v) is 4.29. The molecule has 0 bridgehead atoms. The second kappa shape index (κ2) is 5.77. The average molecular weight is 306 g/mol. The van der Waals surface area contributed by atoms with Gasteiger partial charge < -0.3 is 5.11 Å². The maximum atomic E-state index is 13.5. The number of benzene rings is 2. The summed E-state index contributed by atoms with van der Waals surface area (Å²) >= 11 is 0. The smallest absolute Gasteiger partial charge is 0.200 e. The van der Waals surface area contributed by atoms with E-state index in [2.05, 4.69) is 0 Å². The minimum Gasteiger partial charge on any atom is -0.388 e. The number of halogens is 6. The third kappa shape index (κ3) is 2.73. The molecule has 1 nitrogen and oxygen atoms in total. The van der Waals surface area contributed by atoms with Crippen LogP contribution in [0.15, 0.2) is 24.3 Å². The third-order valence-electron chi connectivity index (χ3n) is 2.95. The molecular weight excluding hydrogens is 298 g/mol. The van der Waals surface area contributed by atoms with E-state index < -0.39 is 53.0 Å². The summed E-state index contributed by atoms with van der Waals surface area (Å²) in [4.78, 5) is 0. The van der Waals surface area contributed by atoms with Gasteiger partial charge in [0.15, 0.2) is 23.3 Å². The van der Waals surface area contributed by atoms with Crippen LogP contribution in [0.25, 0.3) is 0 Å². The SMILES string of the molecule is OC(Cc1ccccc1F)c1c(F)c(F)c(F)c(F)c1F. The van der Waals surface area contributed by atoms with Gasteiger partial charge in [0.1, 0.15) is 5.82 Å². The van der Waals surface area contributed by atoms with Gasteiger partial charge in [0, 0.05) is 6.42 Å². The number of aliphatic hydroxyl groups excluding tert-OH is 1. The first-order chi connectivity index (χ1) is 9.84. The van der Waals surface area contributed by atoms with Crippen LogP contribution in [0, 0.1) is 34.9 Å². The van der Waals surface area contributed by atoms with Crippen molar-refractivity contribution in [3.05, 3.63) is 70.3 Å². The van der Waals surface area contributed by atoms with Crippen molar-refractivity contribution in [2.45, 2.75) is 12.5 Å². The van der Waals surface area contributed by atoms with Gasteiger partial charge in [-0.05, 0) is 11.6 Å². The molecule has 0 saturated heterocycles. The van der Waals surface area contributed by atoms with Crippen molar-refractivity contribution < 1.29 is 31.4 Å². The van der Waals surface area contributed by atoms with Gasteiger partial charge in [0.25, 0.3) is 0 Å². The fourth-order valence-corrected chi connectivity index (χ4v) is 1.89. The largest absolute Gasteiger partial charge is 0.388 e. The van der Waals surface area contributed by atoms with Crippen molar-refractivity contribution in [3.63, 3.8) is 0 Å². The summed E-state index contributed by atoms with van der Waals surface area (Å²) in [5.41, 5.74) is -1.50. The normalized spacial score (nSPS) is 12.5. The van der Waals surface area contributed by atoms with Gasteiger partial charge in [-0.2, -0.15) is 0 Å². The molecule has 112 valence electrons. The first-order valence-electron chi connectivity index (χ1n) is 5.77. The Morgan fingerprint density at radius 3 is 1.76 bits per heavy atom. The Morgan fingerprint density at radius 2 is 1.24 bits per heavy atom. The van der Waals surface area contributed by atoms with E-state index in [1.807, 2.05) is 0 Å². The van der Waals surface area contributed by atoms with Crippen molar-refractivity contribution in [1.82, 2.24) is 0 Å². The minimum atomic E-state index is -2.31. The van der Waals surface area contributed by atoms with E-state index in [0.717, 1.165) is 6.07 Å². The molecule has 0 heterocycles. The molecule has 1 N–H and O–H groups in total. The maximum absolute atomic E-state index is 13.5. The van der Waals surface area contributed by atoms with Crippen molar-refractivity contribution in [3.8, 4) is 0 Å². The zero-order valence-electron chi connectivity index (χ0n) is 10.3. The molecule has 0 aliphatic heterocycles. The zero-order valence-corrected chi connectivity index (χ0v) is 10.3. The molecule has 1 unspecified atom stereocenters. The zero-order chi connectivity index (χ0) is 15.7. The lowest BCUT2D eigenvalue weighted by Crippen LogP contribution is -2.13. The highest BCUT2D eigenvalue weighted by Crippen LogP contribution is 2.29.